The van der Waals surface area contributed by atoms with Crippen molar-refractivity contribution in [2.45, 2.75) is 74.2 Å². The fourth-order valence-corrected chi connectivity index (χ4v) is 6.90. The van der Waals surface area contributed by atoms with E-state index in [1.807, 2.05) is 6.07 Å². The van der Waals surface area contributed by atoms with Gasteiger partial charge < -0.3 is 19.7 Å². The van der Waals surface area contributed by atoms with Crippen LogP contribution in [0.15, 0.2) is 12.1 Å². The highest BCUT2D eigenvalue weighted by molar-refractivity contribution is 5.62. The Bertz CT molecular complexity index is 823. The van der Waals surface area contributed by atoms with Crippen LogP contribution in [-0.4, -0.2) is 58.7 Å². The fraction of sp³-hybridized carbons (Fsp3) is 0.727. The molecule has 5 atom stereocenters. The van der Waals surface area contributed by atoms with Gasteiger partial charge in [0.1, 0.15) is 11.7 Å². The van der Waals surface area contributed by atoms with Crippen molar-refractivity contribution in [3.63, 3.8) is 0 Å². The summed E-state index contributed by atoms with van der Waals surface area (Å²) in [6.45, 7) is 4.20. The number of benzene rings is 1. The molecule has 1 aromatic rings. The fourth-order valence-electron chi connectivity index (χ4n) is 6.90. The van der Waals surface area contributed by atoms with E-state index in [-0.39, 0.29) is 17.9 Å². The van der Waals surface area contributed by atoms with Gasteiger partial charge in [0.05, 0.1) is 11.0 Å². The number of phenolic OH excluding ortho intramolecular Hbond substituents is 1. The SMILES string of the molecule is COC1(C)CC[C@@]2(O)[C@H]3Cc4ccc(O)c5c4[C@@]2(CCN3CC2CC2)[C@H]1O5. The molecule has 2 saturated carbocycles. The average molecular weight is 371 g/mol. The van der Waals surface area contributed by atoms with E-state index in [9.17, 15) is 10.2 Å². The highest BCUT2D eigenvalue weighted by atomic mass is 16.6. The Balaban J connectivity index is 1.57. The third-order valence-electron chi connectivity index (χ3n) is 8.54. The first-order valence-electron chi connectivity index (χ1n) is 10.5. The van der Waals surface area contributed by atoms with E-state index >= 15 is 0 Å². The molecule has 5 aliphatic rings. The molecule has 0 radical (unpaired) electrons. The van der Waals surface area contributed by atoms with E-state index in [4.69, 9.17) is 9.47 Å². The van der Waals surface area contributed by atoms with Crippen LogP contribution in [0, 0.1) is 5.92 Å². The van der Waals surface area contributed by atoms with E-state index < -0.39 is 16.6 Å². The third kappa shape index (κ3) is 1.82. The van der Waals surface area contributed by atoms with Gasteiger partial charge in [-0.05, 0) is 69.5 Å². The van der Waals surface area contributed by atoms with Gasteiger partial charge in [0.15, 0.2) is 11.5 Å². The van der Waals surface area contributed by atoms with Gasteiger partial charge in [-0.3, -0.25) is 4.90 Å². The van der Waals surface area contributed by atoms with E-state index in [1.165, 1.54) is 18.4 Å². The smallest absolute Gasteiger partial charge is 0.165 e. The molecule has 1 unspecified atom stereocenters. The van der Waals surface area contributed by atoms with Crippen LogP contribution in [0.4, 0.5) is 0 Å². The molecular weight excluding hydrogens is 342 g/mol. The van der Waals surface area contributed by atoms with Gasteiger partial charge in [-0.1, -0.05) is 6.07 Å². The highest BCUT2D eigenvalue weighted by Gasteiger charge is 2.75. The Kier molecular flexibility index (Phi) is 3.08. The van der Waals surface area contributed by atoms with Gasteiger partial charge in [-0.15, -0.1) is 0 Å². The monoisotopic (exact) mass is 371 g/mol. The van der Waals surface area contributed by atoms with Crippen molar-refractivity contribution >= 4 is 0 Å². The van der Waals surface area contributed by atoms with Crippen molar-refractivity contribution in [1.29, 1.82) is 0 Å². The average Bonchev–Trinajstić information content (AvgIpc) is 3.39. The summed E-state index contributed by atoms with van der Waals surface area (Å²) in [5, 5.41) is 22.8. The van der Waals surface area contributed by atoms with Crippen LogP contribution in [-0.2, 0) is 16.6 Å². The molecule has 2 bridgehead atoms. The molecule has 0 amide bonds. The lowest BCUT2D eigenvalue weighted by Crippen LogP contribution is -2.79. The molecule has 1 saturated heterocycles. The molecule has 27 heavy (non-hydrogen) atoms. The summed E-state index contributed by atoms with van der Waals surface area (Å²) in [5.41, 5.74) is 0.536. The zero-order valence-electron chi connectivity index (χ0n) is 16.2. The van der Waals surface area contributed by atoms with E-state index in [2.05, 4.69) is 11.8 Å². The Morgan fingerprint density at radius 2 is 2.07 bits per heavy atom. The van der Waals surface area contributed by atoms with Crippen molar-refractivity contribution in [2.24, 2.45) is 5.92 Å². The molecule has 5 nitrogen and oxygen atoms in total. The molecule has 3 aliphatic carbocycles. The Morgan fingerprint density at radius 3 is 2.81 bits per heavy atom. The van der Waals surface area contributed by atoms with Gasteiger partial charge >= 0.3 is 0 Å². The van der Waals surface area contributed by atoms with Crippen molar-refractivity contribution in [2.75, 3.05) is 20.2 Å². The minimum absolute atomic E-state index is 0.127. The van der Waals surface area contributed by atoms with Crippen LogP contribution >= 0.6 is 0 Å². The summed E-state index contributed by atoms with van der Waals surface area (Å²) in [5.74, 6) is 1.59. The lowest BCUT2D eigenvalue weighted by molar-refractivity contribution is -0.237. The van der Waals surface area contributed by atoms with Crippen LogP contribution < -0.4 is 4.74 Å². The highest BCUT2D eigenvalue weighted by Crippen LogP contribution is 2.67. The molecule has 2 heterocycles. The van der Waals surface area contributed by atoms with Crippen LogP contribution in [0.25, 0.3) is 0 Å². The van der Waals surface area contributed by atoms with Crippen molar-refractivity contribution < 1.29 is 19.7 Å². The van der Waals surface area contributed by atoms with Gasteiger partial charge in [0.2, 0.25) is 0 Å². The molecule has 3 fully saturated rings. The summed E-state index contributed by atoms with van der Waals surface area (Å²) < 4.78 is 12.4. The van der Waals surface area contributed by atoms with Gasteiger partial charge in [0.25, 0.3) is 0 Å². The first-order chi connectivity index (χ1) is 12.9. The second-order valence-electron chi connectivity index (χ2n) is 9.77. The van der Waals surface area contributed by atoms with E-state index in [1.54, 1.807) is 13.2 Å². The second-order valence-corrected chi connectivity index (χ2v) is 9.77. The number of piperidine rings is 1. The van der Waals surface area contributed by atoms with Crippen LogP contribution in [0.1, 0.15) is 50.2 Å². The van der Waals surface area contributed by atoms with Gasteiger partial charge in [-0.25, -0.2) is 0 Å². The molecule has 6 rings (SSSR count). The minimum Gasteiger partial charge on any atom is -0.504 e. The number of aliphatic hydroxyl groups is 1. The molecular formula is C22H29NO4. The molecule has 1 spiro atoms. The van der Waals surface area contributed by atoms with Crippen molar-refractivity contribution in [3.8, 4) is 11.5 Å². The standard InChI is InChI=1S/C22H29NO4/c1-20(26-2)7-8-22(25)16-11-14-5-6-15(24)18-17(14)21(22,19(20)27-18)9-10-23(16)12-13-3-4-13/h5-6,13,16,19,24-25H,3-4,7-12H2,1-2H3/t16-,19+,20?,21+,22-/m1/s1. The Hall–Kier alpha value is -1.30. The molecule has 1 aromatic carbocycles. The number of hydrogen-bond donors (Lipinski definition) is 2. The molecule has 2 N–H and O–H groups in total. The van der Waals surface area contributed by atoms with Gasteiger partial charge in [0, 0.05) is 25.3 Å². The lowest BCUT2D eigenvalue weighted by atomic mass is 9.47. The summed E-state index contributed by atoms with van der Waals surface area (Å²) >= 11 is 0. The molecule has 0 aromatic heterocycles. The number of aromatic hydroxyl groups is 1. The molecule has 146 valence electrons. The zero-order valence-corrected chi connectivity index (χ0v) is 16.2. The molecule has 2 aliphatic heterocycles. The number of methoxy groups -OCH3 is 1. The zero-order chi connectivity index (χ0) is 18.6. The first kappa shape index (κ1) is 16.6. The summed E-state index contributed by atoms with van der Waals surface area (Å²) in [6, 6.07) is 3.94. The number of phenols is 1. The molecule has 5 heteroatoms. The van der Waals surface area contributed by atoms with Crippen molar-refractivity contribution in [3.05, 3.63) is 23.3 Å². The normalized spacial score (nSPS) is 44.7. The Morgan fingerprint density at radius 1 is 1.26 bits per heavy atom. The maximum Gasteiger partial charge on any atom is 0.165 e. The van der Waals surface area contributed by atoms with Crippen LogP contribution in [0.3, 0.4) is 0 Å². The quantitative estimate of drug-likeness (QED) is 0.854. The topological polar surface area (TPSA) is 62.2 Å². The maximum absolute atomic E-state index is 12.3. The van der Waals surface area contributed by atoms with Crippen molar-refractivity contribution in [1.82, 2.24) is 4.90 Å². The van der Waals surface area contributed by atoms with Gasteiger partial charge in [-0.2, -0.15) is 0 Å². The summed E-state index contributed by atoms with van der Waals surface area (Å²) in [7, 11) is 1.75. The van der Waals surface area contributed by atoms with E-state index in [0.717, 1.165) is 50.3 Å². The predicted octanol–water partition coefficient (Wildman–Crippen LogP) is 2.36. The number of nitrogens with zero attached hydrogens (tertiary/aromatic N) is 1. The largest absolute Gasteiger partial charge is 0.504 e. The number of hydrogen-bond acceptors (Lipinski definition) is 5. The summed E-state index contributed by atoms with van der Waals surface area (Å²) in [4.78, 5) is 2.56. The lowest BCUT2D eigenvalue weighted by Gasteiger charge is -2.65. The predicted molar refractivity (Wildman–Crippen MR) is 100 cm³/mol. The van der Waals surface area contributed by atoms with Crippen LogP contribution in [0.5, 0.6) is 11.5 Å². The number of rotatable bonds is 3. The second kappa shape index (κ2) is 5.00. The Labute approximate surface area is 160 Å². The first-order valence-corrected chi connectivity index (χ1v) is 10.5. The summed E-state index contributed by atoms with van der Waals surface area (Å²) in [6.07, 6.45) is 5.58. The number of likely N-dealkylation sites (tertiary alicyclic amines) is 1. The number of ether oxygens (including phenoxy) is 2. The minimum atomic E-state index is -0.825. The third-order valence-corrected chi connectivity index (χ3v) is 8.54. The van der Waals surface area contributed by atoms with E-state index in [0.29, 0.717) is 5.75 Å². The van der Waals surface area contributed by atoms with Crippen LogP contribution in [0.2, 0.25) is 0 Å². The maximum atomic E-state index is 12.3.